The fourth-order valence-electron chi connectivity index (χ4n) is 3.59. The summed E-state index contributed by atoms with van der Waals surface area (Å²) < 4.78 is 5.94. The molecule has 1 saturated carbocycles. The van der Waals surface area contributed by atoms with Crippen LogP contribution in [0.5, 0.6) is 5.75 Å². The van der Waals surface area contributed by atoms with Crippen LogP contribution in [-0.4, -0.2) is 23.5 Å². The van der Waals surface area contributed by atoms with E-state index in [0.717, 1.165) is 30.6 Å². The summed E-state index contributed by atoms with van der Waals surface area (Å²) in [6.07, 6.45) is 5.67. The van der Waals surface area contributed by atoms with E-state index in [1.165, 1.54) is 17.7 Å². The molecule has 140 valence electrons. The molecule has 0 saturated heterocycles. The van der Waals surface area contributed by atoms with Gasteiger partial charge < -0.3 is 9.64 Å². The molecule has 3 rings (SSSR count). The smallest absolute Gasteiger partial charge is 0.225 e. The van der Waals surface area contributed by atoms with Crippen LogP contribution in [0.25, 0.3) is 0 Å². The van der Waals surface area contributed by atoms with E-state index >= 15 is 0 Å². The summed E-state index contributed by atoms with van der Waals surface area (Å²) in [5.41, 5.74) is 1.15. The monoisotopic (exact) mass is 371 g/mol. The molecular weight excluding hydrogens is 342 g/mol. The van der Waals surface area contributed by atoms with Crippen molar-refractivity contribution in [1.82, 2.24) is 4.90 Å². The van der Waals surface area contributed by atoms with E-state index < -0.39 is 0 Å². The van der Waals surface area contributed by atoms with Gasteiger partial charge in [0.1, 0.15) is 5.75 Å². The molecule has 0 aliphatic heterocycles. The van der Waals surface area contributed by atoms with Crippen molar-refractivity contribution in [3.63, 3.8) is 0 Å². The fraction of sp³-hybridized carbons (Fsp3) is 0.500. The number of nitrogens with zero attached hydrogens (tertiary/aromatic N) is 1. The van der Waals surface area contributed by atoms with E-state index in [-0.39, 0.29) is 11.8 Å². The maximum atomic E-state index is 12.7. The summed E-state index contributed by atoms with van der Waals surface area (Å²) in [4.78, 5) is 16.2. The molecule has 0 atom stereocenters. The Hall–Kier alpha value is -1.81. The molecule has 26 heavy (non-hydrogen) atoms. The van der Waals surface area contributed by atoms with Crippen molar-refractivity contribution < 1.29 is 9.53 Å². The van der Waals surface area contributed by atoms with Crippen molar-refractivity contribution >= 4 is 17.2 Å². The molecule has 3 nitrogen and oxygen atoms in total. The largest absolute Gasteiger partial charge is 0.493 e. The van der Waals surface area contributed by atoms with Crippen LogP contribution in [0.2, 0.25) is 0 Å². The molecule has 0 N–H and O–H groups in total. The predicted molar refractivity (Wildman–Crippen MR) is 108 cm³/mol. The highest BCUT2D eigenvalue weighted by molar-refractivity contribution is 7.09. The topological polar surface area (TPSA) is 29.5 Å². The molecule has 0 spiro atoms. The lowest BCUT2D eigenvalue weighted by atomic mass is 10.1. The lowest BCUT2D eigenvalue weighted by Crippen LogP contribution is -2.40. The van der Waals surface area contributed by atoms with Crippen LogP contribution in [0, 0.1) is 5.92 Å². The van der Waals surface area contributed by atoms with Gasteiger partial charge in [-0.25, -0.2) is 0 Å². The first kappa shape index (κ1) is 19.0. The minimum atomic E-state index is 0.0424. The maximum absolute atomic E-state index is 12.7. The number of carbonyl (C=O) groups is 1. The third kappa shape index (κ3) is 5.10. The van der Waals surface area contributed by atoms with Gasteiger partial charge in [-0.3, -0.25) is 4.79 Å². The highest BCUT2D eigenvalue weighted by Crippen LogP contribution is 2.27. The zero-order valence-corrected chi connectivity index (χ0v) is 16.6. The molecule has 0 unspecified atom stereocenters. The van der Waals surface area contributed by atoms with Crippen molar-refractivity contribution in [3.05, 3.63) is 52.2 Å². The van der Waals surface area contributed by atoms with Crippen LogP contribution in [0.4, 0.5) is 0 Å². The average Bonchev–Trinajstić information content (AvgIpc) is 3.33. The summed E-state index contributed by atoms with van der Waals surface area (Å²) in [6, 6.07) is 12.8. The lowest BCUT2D eigenvalue weighted by molar-refractivity contribution is -0.137. The minimum Gasteiger partial charge on any atom is -0.493 e. The lowest BCUT2D eigenvalue weighted by Gasteiger charge is -2.31. The van der Waals surface area contributed by atoms with E-state index in [1.54, 1.807) is 11.3 Å². The van der Waals surface area contributed by atoms with Gasteiger partial charge in [0.15, 0.2) is 0 Å². The molecular formula is C22H29NO2S. The van der Waals surface area contributed by atoms with E-state index in [9.17, 15) is 4.79 Å². The number of ether oxygens (including phenoxy) is 1. The summed E-state index contributed by atoms with van der Waals surface area (Å²) in [5.74, 6) is 1.20. The van der Waals surface area contributed by atoms with Crippen molar-refractivity contribution in [3.8, 4) is 5.75 Å². The molecule has 4 heteroatoms. The van der Waals surface area contributed by atoms with E-state index in [0.29, 0.717) is 19.2 Å². The quantitative estimate of drug-likeness (QED) is 0.630. The number of carbonyl (C=O) groups excluding carboxylic acids is 1. The van der Waals surface area contributed by atoms with Crippen LogP contribution in [-0.2, 0) is 17.8 Å². The number of hydrogen-bond donors (Lipinski definition) is 0. The van der Waals surface area contributed by atoms with Gasteiger partial charge in [0.05, 0.1) is 6.61 Å². The van der Waals surface area contributed by atoms with Gasteiger partial charge in [-0.1, -0.05) is 44.9 Å². The molecule has 2 aromatic rings. The molecule has 1 amide bonds. The van der Waals surface area contributed by atoms with Crippen molar-refractivity contribution in [2.75, 3.05) is 6.61 Å². The standard InChI is InChI=1S/C22H29NO2S/c1-17(2)22(24)23(19-8-3-4-9-19)16-18-7-5-10-20(15-18)25-13-12-21-11-6-14-26-21/h5-7,10-11,14-15,17,19H,3-4,8-9,12-13,16H2,1-2H3. The summed E-state index contributed by atoms with van der Waals surface area (Å²) in [7, 11) is 0. The fourth-order valence-corrected chi connectivity index (χ4v) is 4.28. The average molecular weight is 372 g/mol. The Labute approximate surface area is 161 Å². The Balaban J connectivity index is 1.62. The van der Waals surface area contributed by atoms with Crippen molar-refractivity contribution in [1.29, 1.82) is 0 Å². The highest BCUT2D eigenvalue weighted by atomic mass is 32.1. The minimum absolute atomic E-state index is 0.0424. The highest BCUT2D eigenvalue weighted by Gasteiger charge is 2.28. The van der Waals surface area contributed by atoms with E-state index in [1.807, 2.05) is 26.0 Å². The molecule has 1 fully saturated rings. The summed E-state index contributed by atoms with van der Waals surface area (Å²) in [5, 5.41) is 2.10. The number of rotatable bonds is 8. The summed E-state index contributed by atoms with van der Waals surface area (Å²) in [6.45, 7) is 5.35. The Morgan fingerprint density at radius 3 is 2.73 bits per heavy atom. The van der Waals surface area contributed by atoms with Crippen LogP contribution in [0.15, 0.2) is 41.8 Å². The molecule has 1 aliphatic carbocycles. The summed E-state index contributed by atoms with van der Waals surface area (Å²) >= 11 is 1.77. The van der Waals surface area contributed by atoms with Gasteiger partial charge in [0.2, 0.25) is 5.91 Å². The Kier molecular flexibility index (Phi) is 6.73. The zero-order chi connectivity index (χ0) is 18.4. The second-order valence-corrected chi connectivity index (χ2v) is 8.42. The number of benzene rings is 1. The molecule has 1 aromatic carbocycles. The molecule has 1 aromatic heterocycles. The third-order valence-electron chi connectivity index (χ3n) is 4.99. The van der Waals surface area contributed by atoms with Crippen LogP contribution in [0.3, 0.4) is 0 Å². The maximum Gasteiger partial charge on any atom is 0.225 e. The normalized spacial score (nSPS) is 14.7. The Morgan fingerprint density at radius 2 is 2.04 bits per heavy atom. The van der Waals surface area contributed by atoms with Gasteiger partial charge in [-0.2, -0.15) is 0 Å². The second kappa shape index (κ2) is 9.22. The first-order valence-corrected chi connectivity index (χ1v) is 10.6. The molecule has 0 radical (unpaired) electrons. The van der Waals surface area contributed by atoms with Crippen LogP contribution in [0.1, 0.15) is 50.0 Å². The van der Waals surface area contributed by atoms with Gasteiger partial charge in [0, 0.05) is 29.8 Å². The van der Waals surface area contributed by atoms with Crippen molar-refractivity contribution in [2.45, 2.75) is 58.5 Å². The number of amides is 1. The Bertz CT molecular complexity index is 690. The van der Waals surface area contributed by atoms with E-state index in [2.05, 4.69) is 34.5 Å². The van der Waals surface area contributed by atoms with Gasteiger partial charge in [-0.05, 0) is 42.0 Å². The molecule has 1 heterocycles. The van der Waals surface area contributed by atoms with Crippen LogP contribution >= 0.6 is 11.3 Å². The third-order valence-corrected chi connectivity index (χ3v) is 5.93. The van der Waals surface area contributed by atoms with Gasteiger partial charge >= 0.3 is 0 Å². The number of hydrogen-bond acceptors (Lipinski definition) is 3. The number of thiophene rings is 1. The molecule has 1 aliphatic rings. The second-order valence-electron chi connectivity index (χ2n) is 7.38. The predicted octanol–water partition coefficient (Wildman–Crippen LogP) is 5.30. The first-order valence-electron chi connectivity index (χ1n) is 9.68. The first-order chi connectivity index (χ1) is 12.6. The molecule has 0 bridgehead atoms. The van der Waals surface area contributed by atoms with Gasteiger partial charge in [-0.15, -0.1) is 11.3 Å². The van der Waals surface area contributed by atoms with E-state index in [4.69, 9.17) is 4.74 Å². The van der Waals surface area contributed by atoms with Gasteiger partial charge in [0.25, 0.3) is 0 Å². The van der Waals surface area contributed by atoms with Crippen molar-refractivity contribution in [2.24, 2.45) is 5.92 Å². The van der Waals surface area contributed by atoms with Crippen LogP contribution < -0.4 is 4.74 Å². The SMILES string of the molecule is CC(C)C(=O)N(Cc1cccc(OCCc2cccs2)c1)C1CCCC1. The zero-order valence-electron chi connectivity index (χ0n) is 15.8. The Morgan fingerprint density at radius 1 is 1.23 bits per heavy atom.